The van der Waals surface area contributed by atoms with Gasteiger partial charge in [0.2, 0.25) is 10.0 Å². The van der Waals surface area contributed by atoms with Crippen molar-refractivity contribution in [3.8, 4) is 0 Å². The quantitative estimate of drug-likeness (QED) is 0.800. The Kier molecular flexibility index (Phi) is 5.71. The normalized spacial score (nSPS) is 15.3. The lowest BCUT2D eigenvalue weighted by Crippen LogP contribution is -2.33. The summed E-state index contributed by atoms with van der Waals surface area (Å²) in [6.07, 6.45) is 3.50. The molecule has 0 saturated carbocycles. The summed E-state index contributed by atoms with van der Waals surface area (Å²) >= 11 is 5.74. The zero-order valence-corrected chi connectivity index (χ0v) is 12.5. The number of hydrogen-bond donors (Lipinski definition) is 1. The van der Waals surface area contributed by atoms with Crippen LogP contribution in [0.3, 0.4) is 0 Å². The minimum Gasteiger partial charge on any atom is -0.260 e. The first kappa shape index (κ1) is 15.6. The summed E-state index contributed by atoms with van der Waals surface area (Å²) in [6.45, 7) is 1.72. The number of hydrogen-bond acceptors (Lipinski definition) is 4. The second-order valence-corrected chi connectivity index (χ2v) is 7.48. The van der Waals surface area contributed by atoms with Gasteiger partial charge in [-0.25, -0.2) is 18.1 Å². The Balaban J connectivity index is 2.77. The lowest BCUT2D eigenvalue weighted by molar-refractivity contribution is 0.555. The Morgan fingerprint density at radius 1 is 1.56 bits per heavy atom. The second kappa shape index (κ2) is 6.60. The van der Waals surface area contributed by atoms with E-state index in [1.54, 1.807) is 13.2 Å². The summed E-state index contributed by atoms with van der Waals surface area (Å²) in [7, 11) is -4.62. The molecular formula is C10H15ClN2O3S2. The fraction of sp³-hybridized carbons (Fsp3) is 0.500. The molecule has 0 amide bonds. The van der Waals surface area contributed by atoms with Crippen LogP contribution in [-0.4, -0.2) is 35.7 Å². The average Bonchev–Trinajstić information content (AvgIpc) is 2.26. The van der Waals surface area contributed by atoms with E-state index in [1.165, 1.54) is 18.3 Å². The van der Waals surface area contributed by atoms with Crippen LogP contribution >= 0.6 is 11.6 Å². The first-order valence-electron chi connectivity index (χ1n) is 5.26. The predicted molar refractivity (Wildman–Crippen MR) is 72.6 cm³/mol. The minimum absolute atomic E-state index is 0.0452. The van der Waals surface area contributed by atoms with Gasteiger partial charge in [-0.15, -0.1) is 0 Å². The van der Waals surface area contributed by atoms with Gasteiger partial charge in [-0.1, -0.05) is 11.6 Å². The van der Waals surface area contributed by atoms with E-state index in [-0.39, 0.29) is 16.1 Å². The number of nitrogens with one attached hydrogen (secondary N) is 1. The van der Waals surface area contributed by atoms with Gasteiger partial charge < -0.3 is 0 Å². The summed E-state index contributed by atoms with van der Waals surface area (Å²) in [6, 6.07) is 2.59. The molecule has 1 aromatic heterocycles. The van der Waals surface area contributed by atoms with Gasteiger partial charge in [0.15, 0.2) is 0 Å². The first-order chi connectivity index (χ1) is 8.33. The Labute approximate surface area is 114 Å². The lowest BCUT2D eigenvalue weighted by Gasteiger charge is -2.13. The van der Waals surface area contributed by atoms with Crippen molar-refractivity contribution in [3.05, 3.63) is 23.5 Å². The molecule has 102 valence electrons. The van der Waals surface area contributed by atoms with Gasteiger partial charge in [0, 0.05) is 35.0 Å². The van der Waals surface area contributed by atoms with Crippen LogP contribution in [0.4, 0.5) is 0 Å². The van der Waals surface area contributed by atoms with Crippen LogP contribution < -0.4 is 4.72 Å². The van der Waals surface area contributed by atoms with Gasteiger partial charge in [0.1, 0.15) is 10.0 Å². The number of nitrogens with zero attached hydrogens (tertiary/aromatic N) is 1. The predicted octanol–water partition coefficient (Wildman–Crippen LogP) is 1.17. The molecule has 0 fully saturated rings. The molecule has 18 heavy (non-hydrogen) atoms. The highest BCUT2D eigenvalue weighted by molar-refractivity contribution is 7.89. The third-order valence-corrected chi connectivity index (χ3v) is 5.05. The average molecular weight is 311 g/mol. The number of sulfonamides is 1. The van der Waals surface area contributed by atoms with Gasteiger partial charge in [-0.3, -0.25) is 4.21 Å². The zero-order chi connectivity index (χ0) is 13.8. The van der Waals surface area contributed by atoms with Crippen LogP contribution in [0, 0.1) is 0 Å². The topological polar surface area (TPSA) is 76.1 Å². The zero-order valence-electron chi connectivity index (χ0n) is 10.1. The van der Waals surface area contributed by atoms with E-state index in [4.69, 9.17) is 11.6 Å². The summed E-state index contributed by atoms with van der Waals surface area (Å²) in [5, 5.41) is -0.0590. The molecule has 0 aromatic carbocycles. The Hall–Kier alpha value is -0.500. The molecule has 0 saturated heterocycles. The van der Waals surface area contributed by atoms with E-state index < -0.39 is 20.8 Å². The largest absolute Gasteiger partial charge is 0.260 e. The number of rotatable bonds is 6. The van der Waals surface area contributed by atoms with Crippen LogP contribution in [0.15, 0.2) is 23.2 Å². The maximum Gasteiger partial charge on any atom is 0.243 e. The monoisotopic (exact) mass is 310 g/mol. The van der Waals surface area contributed by atoms with Crippen LogP contribution in [0.1, 0.15) is 13.3 Å². The lowest BCUT2D eigenvalue weighted by atomic mass is 10.3. The third kappa shape index (κ3) is 4.64. The summed E-state index contributed by atoms with van der Waals surface area (Å²) in [5.74, 6) is 0.449. The molecule has 0 bridgehead atoms. The van der Waals surface area contributed by atoms with Crippen molar-refractivity contribution in [3.63, 3.8) is 0 Å². The van der Waals surface area contributed by atoms with E-state index in [2.05, 4.69) is 9.71 Å². The Bertz CT molecular complexity index is 534. The Morgan fingerprint density at radius 3 is 2.78 bits per heavy atom. The molecule has 1 rings (SSSR count). The molecule has 1 aromatic rings. The molecule has 0 radical (unpaired) electrons. The van der Waals surface area contributed by atoms with Crippen LogP contribution in [0.25, 0.3) is 0 Å². The van der Waals surface area contributed by atoms with Crippen molar-refractivity contribution < 1.29 is 12.6 Å². The van der Waals surface area contributed by atoms with Gasteiger partial charge in [-0.2, -0.15) is 0 Å². The van der Waals surface area contributed by atoms with E-state index in [0.717, 1.165) is 0 Å². The van der Waals surface area contributed by atoms with Crippen molar-refractivity contribution in [2.75, 3.05) is 12.0 Å². The molecule has 0 aliphatic rings. The first-order valence-corrected chi connectivity index (χ1v) is 8.84. The molecular weight excluding hydrogens is 296 g/mol. The van der Waals surface area contributed by atoms with Crippen molar-refractivity contribution >= 4 is 32.4 Å². The van der Waals surface area contributed by atoms with E-state index >= 15 is 0 Å². The van der Waals surface area contributed by atoms with Gasteiger partial charge >= 0.3 is 0 Å². The maximum atomic E-state index is 12.0. The molecule has 0 spiro atoms. The van der Waals surface area contributed by atoms with Crippen LogP contribution in [0.2, 0.25) is 5.15 Å². The molecule has 2 atom stereocenters. The highest BCUT2D eigenvalue weighted by atomic mass is 35.5. The fourth-order valence-electron chi connectivity index (χ4n) is 1.30. The molecule has 0 aliphatic heterocycles. The van der Waals surface area contributed by atoms with E-state index in [1.807, 2.05) is 0 Å². The second-order valence-electron chi connectivity index (χ2n) is 3.88. The summed E-state index contributed by atoms with van der Waals surface area (Å²) < 4.78 is 37.4. The standard InChI is InChI=1S/C10H15ClN2O3S2/c1-8(5-7-17(2)14)13-18(15,16)9-4-3-6-12-10(9)11/h3-4,6,8,13H,5,7H2,1-2H3. The van der Waals surface area contributed by atoms with Crippen LogP contribution in [0.5, 0.6) is 0 Å². The molecule has 8 heteroatoms. The van der Waals surface area contributed by atoms with Crippen molar-refractivity contribution in [2.45, 2.75) is 24.3 Å². The third-order valence-electron chi connectivity index (χ3n) is 2.21. The van der Waals surface area contributed by atoms with Crippen molar-refractivity contribution in [2.24, 2.45) is 0 Å². The molecule has 1 N–H and O–H groups in total. The highest BCUT2D eigenvalue weighted by Gasteiger charge is 2.20. The molecule has 5 nitrogen and oxygen atoms in total. The smallest absolute Gasteiger partial charge is 0.243 e. The van der Waals surface area contributed by atoms with Crippen molar-refractivity contribution in [1.29, 1.82) is 0 Å². The Morgan fingerprint density at radius 2 is 2.22 bits per heavy atom. The van der Waals surface area contributed by atoms with Gasteiger partial charge in [-0.05, 0) is 25.5 Å². The molecule has 1 heterocycles. The van der Waals surface area contributed by atoms with E-state index in [9.17, 15) is 12.6 Å². The van der Waals surface area contributed by atoms with Gasteiger partial charge in [0.05, 0.1) is 0 Å². The number of halogens is 1. The van der Waals surface area contributed by atoms with Crippen LogP contribution in [-0.2, 0) is 20.8 Å². The SMILES string of the molecule is CC(CCS(C)=O)NS(=O)(=O)c1cccnc1Cl. The van der Waals surface area contributed by atoms with E-state index in [0.29, 0.717) is 12.2 Å². The fourth-order valence-corrected chi connectivity index (χ4v) is 3.72. The summed E-state index contributed by atoms with van der Waals surface area (Å²) in [5.41, 5.74) is 0. The molecule has 0 aliphatic carbocycles. The highest BCUT2D eigenvalue weighted by Crippen LogP contribution is 2.18. The summed E-state index contributed by atoms with van der Waals surface area (Å²) in [4.78, 5) is 3.68. The number of aromatic nitrogens is 1. The maximum absolute atomic E-state index is 12.0. The minimum atomic E-state index is -3.68. The van der Waals surface area contributed by atoms with Crippen molar-refractivity contribution in [1.82, 2.24) is 9.71 Å². The van der Waals surface area contributed by atoms with Gasteiger partial charge in [0.25, 0.3) is 0 Å². The molecule has 2 unspecified atom stereocenters. The number of pyridine rings is 1.